The number of hydrogen-bond donors (Lipinski definition) is 2. The number of para-hydroxylation sites is 1. The predicted molar refractivity (Wildman–Crippen MR) is 74.7 cm³/mol. The lowest BCUT2D eigenvalue weighted by Gasteiger charge is -2.09. The van der Waals surface area contributed by atoms with Crippen LogP contribution in [0, 0.1) is 12.8 Å². The molecule has 0 aromatic heterocycles. The molecule has 0 saturated carbocycles. The van der Waals surface area contributed by atoms with Gasteiger partial charge in [-0.1, -0.05) is 26.0 Å². The van der Waals surface area contributed by atoms with Crippen LogP contribution in [0.4, 0.5) is 5.69 Å². The summed E-state index contributed by atoms with van der Waals surface area (Å²) in [6, 6.07) is 5.36. The first-order valence-corrected chi connectivity index (χ1v) is 7.24. The van der Waals surface area contributed by atoms with Crippen LogP contribution in [0.2, 0.25) is 0 Å². The Bertz CT molecular complexity index is 458. The van der Waals surface area contributed by atoms with Gasteiger partial charge in [-0.05, 0) is 24.5 Å². The third-order valence-corrected chi connectivity index (χ3v) is 3.87. The second kappa shape index (κ2) is 6.54. The average Bonchev–Trinajstić information content (AvgIpc) is 2.30. The zero-order chi connectivity index (χ0) is 13.7. The number of amides is 1. The minimum absolute atomic E-state index is 0.0413. The van der Waals surface area contributed by atoms with Crippen molar-refractivity contribution in [3.05, 3.63) is 23.8 Å². The van der Waals surface area contributed by atoms with Gasteiger partial charge in [-0.2, -0.15) is 0 Å². The molecule has 1 rings (SSSR count). The van der Waals surface area contributed by atoms with Gasteiger partial charge in [-0.15, -0.1) is 0 Å². The Kier molecular flexibility index (Phi) is 5.34. The lowest BCUT2D eigenvalue weighted by molar-refractivity contribution is -0.118. The molecule has 4 nitrogen and oxygen atoms in total. The van der Waals surface area contributed by atoms with Crippen molar-refractivity contribution in [2.45, 2.75) is 25.7 Å². The van der Waals surface area contributed by atoms with Crippen molar-refractivity contribution in [3.63, 3.8) is 0 Å². The molecule has 0 radical (unpaired) electrons. The summed E-state index contributed by atoms with van der Waals surface area (Å²) in [6.07, 6.45) is 0. The van der Waals surface area contributed by atoms with Gasteiger partial charge in [0.05, 0.1) is 21.4 Å². The third kappa shape index (κ3) is 4.14. The minimum atomic E-state index is -1.39. The van der Waals surface area contributed by atoms with Crippen molar-refractivity contribution in [2.75, 3.05) is 18.0 Å². The molecule has 0 heterocycles. The number of hydrogen-bond acceptors (Lipinski definition) is 3. The molecular weight excluding hydrogens is 248 g/mol. The van der Waals surface area contributed by atoms with Crippen LogP contribution in [0.3, 0.4) is 0 Å². The van der Waals surface area contributed by atoms with E-state index in [9.17, 15) is 9.00 Å². The maximum atomic E-state index is 12.0. The van der Waals surface area contributed by atoms with Gasteiger partial charge < -0.3 is 11.1 Å². The van der Waals surface area contributed by atoms with Gasteiger partial charge >= 0.3 is 0 Å². The molecule has 3 N–H and O–H groups in total. The van der Waals surface area contributed by atoms with Gasteiger partial charge in [0.25, 0.3) is 0 Å². The largest absolute Gasteiger partial charge is 0.398 e. The van der Waals surface area contributed by atoms with E-state index in [2.05, 4.69) is 5.32 Å². The Morgan fingerprint density at radius 2 is 2.11 bits per heavy atom. The number of carbonyl (C=O) groups is 1. The van der Waals surface area contributed by atoms with Crippen LogP contribution in [0.5, 0.6) is 0 Å². The number of carbonyl (C=O) groups excluding carboxylic acids is 1. The summed E-state index contributed by atoms with van der Waals surface area (Å²) in [6.45, 7) is 6.47. The molecule has 0 aliphatic carbocycles. The molecule has 1 aromatic carbocycles. The number of nitrogens with two attached hydrogens (primary N) is 1. The zero-order valence-corrected chi connectivity index (χ0v) is 11.8. The smallest absolute Gasteiger partial charge is 0.233 e. The molecule has 0 aliphatic rings. The van der Waals surface area contributed by atoms with E-state index in [1.54, 1.807) is 12.1 Å². The lowest BCUT2D eigenvalue weighted by atomic mass is 10.2. The average molecular weight is 268 g/mol. The van der Waals surface area contributed by atoms with Crippen LogP contribution < -0.4 is 11.1 Å². The highest BCUT2D eigenvalue weighted by atomic mass is 32.2. The maximum absolute atomic E-state index is 12.0. The second-order valence-electron chi connectivity index (χ2n) is 4.67. The molecule has 1 aromatic rings. The van der Waals surface area contributed by atoms with E-state index in [0.29, 0.717) is 23.0 Å². The van der Waals surface area contributed by atoms with Crippen LogP contribution in [0.15, 0.2) is 23.1 Å². The quantitative estimate of drug-likeness (QED) is 0.794. The maximum Gasteiger partial charge on any atom is 0.233 e. The van der Waals surface area contributed by atoms with Crippen molar-refractivity contribution in [1.82, 2.24) is 5.32 Å². The van der Waals surface area contributed by atoms with Crippen LogP contribution in [0.1, 0.15) is 19.4 Å². The van der Waals surface area contributed by atoms with E-state index in [1.165, 1.54) is 0 Å². The van der Waals surface area contributed by atoms with E-state index >= 15 is 0 Å². The molecule has 5 heteroatoms. The summed E-state index contributed by atoms with van der Waals surface area (Å²) in [5.41, 5.74) is 7.24. The number of aryl methyl sites for hydroxylation is 1. The Labute approximate surface area is 110 Å². The predicted octanol–water partition coefficient (Wildman–Crippen LogP) is 1.46. The van der Waals surface area contributed by atoms with Crippen LogP contribution in [0.25, 0.3) is 0 Å². The van der Waals surface area contributed by atoms with Gasteiger partial charge in [-0.25, -0.2) is 0 Å². The minimum Gasteiger partial charge on any atom is -0.398 e. The molecule has 1 atom stereocenters. The highest BCUT2D eigenvalue weighted by Gasteiger charge is 2.13. The number of nitrogens with one attached hydrogen (secondary N) is 1. The van der Waals surface area contributed by atoms with Gasteiger partial charge in [0.1, 0.15) is 5.75 Å². The Hall–Kier alpha value is -1.36. The first-order valence-electron chi connectivity index (χ1n) is 5.92. The second-order valence-corrected chi connectivity index (χ2v) is 6.09. The molecule has 0 spiro atoms. The highest BCUT2D eigenvalue weighted by molar-refractivity contribution is 7.86. The molecule has 1 unspecified atom stereocenters. The van der Waals surface area contributed by atoms with Gasteiger partial charge in [0.2, 0.25) is 5.91 Å². The third-order valence-electron chi connectivity index (χ3n) is 2.50. The number of benzene rings is 1. The van der Waals surface area contributed by atoms with Crippen molar-refractivity contribution < 1.29 is 9.00 Å². The van der Waals surface area contributed by atoms with Crippen LogP contribution >= 0.6 is 0 Å². The van der Waals surface area contributed by atoms with Crippen molar-refractivity contribution >= 4 is 22.4 Å². The number of anilines is 1. The molecule has 0 fully saturated rings. The normalized spacial score (nSPS) is 12.4. The van der Waals surface area contributed by atoms with E-state index in [1.807, 2.05) is 26.8 Å². The lowest BCUT2D eigenvalue weighted by Crippen LogP contribution is -2.31. The number of rotatable bonds is 5. The molecule has 100 valence electrons. The molecule has 0 aliphatic heterocycles. The van der Waals surface area contributed by atoms with Gasteiger partial charge in [0, 0.05) is 6.54 Å². The Balaban J connectivity index is 2.65. The van der Waals surface area contributed by atoms with E-state index < -0.39 is 10.8 Å². The van der Waals surface area contributed by atoms with E-state index in [4.69, 9.17) is 5.73 Å². The summed E-state index contributed by atoms with van der Waals surface area (Å²) in [5.74, 6) is 0.134. The summed E-state index contributed by atoms with van der Waals surface area (Å²) >= 11 is 0. The monoisotopic (exact) mass is 268 g/mol. The topological polar surface area (TPSA) is 72.2 Å². The van der Waals surface area contributed by atoms with Crippen molar-refractivity contribution in [2.24, 2.45) is 5.92 Å². The first kappa shape index (κ1) is 14.7. The molecular formula is C13H20N2O2S. The zero-order valence-electron chi connectivity index (χ0n) is 11.0. The SMILES string of the molecule is Cc1cccc(S(=O)CC(=O)NCC(C)C)c1N. The summed E-state index contributed by atoms with van der Waals surface area (Å²) in [5, 5.41) is 2.74. The van der Waals surface area contributed by atoms with E-state index in [-0.39, 0.29) is 11.7 Å². The number of nitrogen functional groups attached to an aromatic ring is 1. The van der Waals surface area contributed by atoms with Crippen LogP contribution in [-0.4, -0.2) is 22.4 Å². The molecule has 0 saturated heterocycles. The summed E-state index contributed by atoms with van der Waals surface area (Å²) < 4.78 is 12.0. The fourth-order valence-corrected chi connectivity index (χ4v) is 2.55. The fraction of sp³-hybridized carbons (Fsp3) is 0.462. The summed E-state index contributed by atoms with van der Waals surface area (Å²) in [4.78, 5) is 12.1. The summed E-state index contributed by atoms with van der Waals surface area (Å²) in [7, 11) is -1.39. The van der Waals surface area contributed by atoms with Gasteiger partial charge in [0.15, 0.2) is 0 Å². The van der Waals surface area contributed by atoms with Crippen molar-refractivity contribution in [3.8, 4) is 0 Å². The van der Waals surface area contributed by atoms with Crippen molar-refractivity contribution in [1.29, 1.82) is 0 Å². The Morgan fingerprint density at radius 1 is 1.44 bits per heavy atom. The first-order chi connectivity index (χ1) is 8.41. The fourth-order valence-electron chi connectivity index (χ4n) is 1.42. The highest BCUT2D eigenvalue weighted by Crippen LogP contribution is 2.20. The van der Waals surface area contributed by atoms with Crippen LogP contribution in [-0.2, 0) is 15.6 Å². The standard InChI is InChI=1S/C13H20N2O2S/c1-9(2)7-15-12(16)8-18(17)11-6-4-5-10(3)13(11)14/h4-6,9H,7-8,14H2,1-3H3,(H,15,16). The van der Waals surface area contributed by atoms with Gasteiger partial charge in [-0.3, -0.25) is 9.00 Å². The molecule has 1 amide bonds. The Morgan fingerprint density at radius 3 is 2.72 bits per heavy atom. The van der Waals surface area contributed by atoms with E-state index in [0.717, 1.165) is 5.56 Å². The molecule has 18 heavy (non-hydrogen) atoms. The molecule has 0 bridgehead atoms.